The molecule has 0 spiro atoms. The summed E-state index contributed by atoms with van der Waals surface area (Å²) >= 11 is 7.86. The standard InChI is InChI=1S/C27H26ClN3O3S/c28-23-11-5-12-24-25(23)29-27(35-24)31(14-6-13-30-15-17-33-18-16-30)26(32)20-7-4-10-22(19-20)34-21-8-2-1-3-9-21/h1-5,7-12,19H,6,13-18H2. The molecule has 8 heteroatoms. The highest BCUT2D eigenvalue weighted by molar-refractivity contribution is 7.22. The third kappa shape index (κ3) is 5.82. The normalized spacial score (nSPS) is 14.2. The number of amides is 1. The number of nitrogens with zero attached hydrogens (tertiary/aromatic N) is 3. The Bertz CT molecular complexity index is 1290. The number of aromatic nitrogens is 1. The first kappa shape index (κ1) is 23.8. The molecule has 1 saturated heterocycles. The molecule has 0 N–H and O–H groups in total. The highest BCUT2D eigenvalue weighted by Crippen LogP contribution is 2.34. The van der Waals surface area contributed by atoms with E-state index in [0.29, 0.717) is 28.0 Å². The second-order valence-electron chi connectivity index (χ2n) is 8.29. The van der Waals surface area contributed by atoms with Gasteiger partial charge in [-0.15, -0.1) is 0 Å². The number of anilines is 1. The molecule has 1 fully saturated rings. The molecular weight excluding hydrogens is 482 g/mol. The van der Waals surface area contributed by atoms with Crippen molar-refractivity contribution in [3.8, 4) is 11.5 Å². The van der Waals surface area contributed by atoms with Crippen molar-refractivity contribution in [2.75, 3.05) is 44.3 Å². The zero-order valence-electron chi connectivity index (χ0n) is 19.2. The molecule has 2 heterocycles. The third-order valence-electron chi connectivity index (χ3n) is 5.85. The topological polar surface area (TPSA) is 54.9 Å². The van der Waals surface area contributed by atoms with Gasteiger partial charge < -0.3 is 9.47 Å². The number of thiazole rings is 1. The molecule has 0 aliphatic carbocycles. The minimum Gasteiger partial charge on any atom is -0.457 e. The van der Waals surface area contributed by atoms with Crippen LogP contribution >= 0.6 is 22.9 Å². The van der Waals surface area contributed by atoms with Crippen molar-refractivity contribution in [2.45, 2.75) is 6.42 Å². The zero-order valence-corrected chi connectivity index (χ0v) is 20.8. The van der Waals surface area contributed by atoms with E-state index in [0.717, 1.165) is 55.2 Å². The summed E-state index contributed by atoms with van der Waals surface area (Å²) in [7, 11) is 0. The average molecular weight is 508 g/mol. The first-order valence-corrected chi connectivity index (χ1v) is 12.9. The van der Waals surface area contributed by atoms with Crippen molar-refractivity contribution in [1.82, 2.24) is 9.88 Å². The molecule has 35 heavy (non-hydrogen) atoms. The number of ether oxygens (including phenoxy) is 2. The number of morpholine rings is 1. The van der Waals surface area contributed by atoms with E-state index in [4.69, 9.17) is 26.1 Å². The number of para-hydroxylation sites is 2. The number of rotatable bonds is 8. The molecule has 0 radical (unpaired) electrons. The fraction of sp³-hybridized carbons (Fsp3) is 0.259. The SMILES string of the molecule is O=C(c1cccc(Oc2ccccc2)c1)N(CCCN1CCOCC1)c1nc2c(Cl)cccc2s1. The van der Waals surface area contributed by atoms with Gasteiger partial charge >= 0.3 is 0 Å². The Hall–Kier alpha value is -2.97. The molecule has 5 rings (SSSR count). The lowest BCUT2D eigenvalue weighted by Crippen LogP contribution is -2.39. The van der Waals surface area contributed by atoms with E-state index in [1.54, 1.807) is 11.0 Å². The maximum Gasteiger partial charge on any atom is 0.260 e. The Morgan fingerprint density at radius 3 is 2.60 bits per heavy atom. The van der Waals surface area contributed by atoms with Crippen molar-refractivity contribution >= 4 is 44.2 Å². The third-order valence-corrected chi connectivity index (χ3v) is 7.20. The van der Waals surface area contributed by atoms with Gasteiger partial charge in [-0.3, -0.25) is 14.6 Å². The minimum atomic E-state index is -0.110. The molecule has 0 unspecified atom stereocenters. The van der Waals surface area contributed by atoms with Crippen molar-refractivity contribution in [1.29, 1.82) is 0 Å². The summed E-state index contributed by atoms with van der Waals surface area (Å²) in [6.07, 6.45) is 0.829. The summed E-state index contributed by atoms with van der Waals surface area (Å²) in [4.78, 5) is 22.6. The lowest BCUT2D eigenvalue weighted by molar-refractivity contribution is 0.0376. The van der Waals surface area contributed by atoms with Gasteiger partial charge in [-0.2, -0.15) is 0 Å². The van der Waals surface area contributed by atoms with Crippen LogP contribution in [0.4, 0.5) is 5.13 Å². The Kier molecular flexibility index (Phi) is 7.59. The van der Waals surface area contributed by atoms with Crippen LogP contribution in [0, 0.1) is 0 Å². The van der Waals surface area contributed by atoms with Crippen molar-refractivity contribution in [3.05, 3.63) is 83.4 Å². The fourth-order valence-corrected chi connectivity index (χ4v) is 5.34. The maximum absolute atomic E-state index is 13.8. The average Bonchev–Trinajstić information content (AvgIpc) is 3.33. The molecule has 1 amide bonds. The first-order valence-electron chi connectivity index (χ1n) is 11.7. The predicted octanol–water partition coefficient (Wildman–Crippen LogP) is 6.11. The van der Waals surface area contributed by atoms with Crippen molar-refractivity contribution in [2.24, 2.45) is 0 Å². The van der Waals surface area contributed by atoms with Crippen LogP contribution in [-0.2, 0) is 4.74 Å². The summed E-state index contributed by atoms with van der Waals surface area (Å²) in [6, 6.07) is 22.5. The number of halogens is 1. The van der Waals surface area contributed by atoms with Crippen LogP contribution in [-0.4, -0.2) is 55.2 Å². The summed E-state index contributed by atoms with van der Waals surface area (Å²) < 4.78 is 12.4. The van der Waals surface area contributed by atoms with Gasteiger partial charge in [0, 0.05) is 31.7 Å². The quantitative estimate of drug-likeness (QED) is 0.288. The smallest absolute Gasteiger partial charge is 0.260 e. The van der Waals surface area contributed by atoms with Crippen molar-refractivity contribution in [3.63, 3.8) is 0 Å². The van der Waals surface area contributed by atoms with Gasteiger partial charge in [0.05, 0.1) is 22.9 Å². The molecule has 0 bridgehead atoms. The number of carbonyl (C=O) groups is 1. The highest BCUT2D eigenvalue weighted by Gasteiger charge is 2.23. The van der Waals surface area contributed by atoms with E-state index in [9.17, 15) is 4.79 Å². The lowest BCUT2D eigenvalue weighted by atomic mass is 10.2. The van der Waals surface area contributed by atoms with Gasteiger partial charge in [-0.1, -0.05) is 53.3 Å². The largest absolute Gasteiger partial charge is 0.457 e. The molecule has 1 aliphatic rings. The van der Waals surface area contributed by atoms with Crippen LogP contribution in [0.25, 0.3) is 10.2 Å². The summed E-state index contributed by atoms with van der Waals surface area (Å²) in [6.45, 7) is 4.81. The summed E-state index contributed by atoms with van der Waals surface area (Å²) in [5.74, 6) is 1.23. The van der Waals surface area contributed by atoms with Gasteiger partial charge in [0.1, 0.15) is 17.0 Å². The Morgan fingerprint density at radius 1 is 1.03 bits per heavy atom. The highest BCUT2D eigenvalue weighted by atomic mass is 35.5. The molecule has 4 aromatic rings. The van der Waals surface area contributed by atoms with Crippen LogP contribution in [0.15, 0.2) is 72.8 Å². The number of hydrogen-bond donors (Lipinski definition) is 0. The predicted molar refractivity (Wildman–Crippen MR) is 141 cm³/mol. The molecular formula is C27H26ClN3O3S. The second-order valence-corrected chi connectivity index (χ2v) is 9.71. The Morgan fingerprint density at radius 2 is 1.80 bits per heavy atom. The number of benzene rings is 3. The van der Waals surface area contributed by atoms with Gasteiger partial charge in [-0.25, -0.2) is 4.98 Å². The fourth-order valence-electron chi connectivity index (χ4n) is 4.05. The van der Waals surface area contributed by atoms with Gasteiger partial charge in [0.15, 0.2) is 5.13 Å². The molecule has 3 aromatic carbocycles. The first-order chi connectivity index (χ1) is 17.2. The van der Waals surface area contributed by atoms with Gasteiger partial charge in [-0.05, 0) is 48.9 Å². The second kappa shape index (κ2) is 11.2. The molecule has 180 valence electrons. The Labute approximate surface area is 213 Å². The summed E-state index contributed by atoms with van der Waals surface area (Å²) in [5, 5.41) is 1.23. The van der Waals surface area contributed by atoms with Crippen molar-refractivity contribution < 1.29 is 14.3 Å². The van der Waals surface area contributed by atoms with Crippen LogP contribution in [0.2, 0.25) is 5.02 Å². The van der Waals surface area contributed by atoms with Crippen LogP contribution in [0.5, 0.6) is 11.5 Å². The summed E-state index contributed by atoms with van der Waals surface area (Å²) in [5.41, 5.74) is 1.27. The van der Waals surface area contributed by atoms with E-state index in [1.807, 2.05) is 66.7 Å². The van der Waals surface area contributed by atoms with E-state index >= 15 is 0 Å². The van der Waals surface area contributed by atoms with E-state index in [-0.39, 0.29) is 5.91 Å². The van der Waals surface area contributed by atoms with E-state index in [2.05, 4.69) is 4.90 Å². The van der Waals surface area contributed by atoms with Crippen LogP contribution in [0.1, 0.15) is 16.8 Å². The molecule has 0 saturated carbocycles. The minimum absolute atomic E-state index is 0.110. The van der Waals surface area contributed by atoms with E-state index < -0.39 is 0 Å². The maximum atomic E-state index is 13.8. The number of fused-ring (bicyclic) bond motifs is 1. The van der Waals surface area contributed by atoms with E-state index in [1.165, 1.54) is 11.3 Å². The zero-order chi connectivity index (χ0) is 24.0. The molecule has 1 aromatic heterocycles. The Balaban J connectivity index is 1.39. The van der Waals surface area contributed by atoms with Gasteiger partial charge in [0.25, 0.3) is 5.91 Å². The van der Waals surface area contributed by atoms with Gasteiger partial charge in [0.2, 0.25) is 0 Å². The molecule has 1 aliphatic heterocycles. The molecule has 6 nitrogen and oxygen atoms in total. The lowest BCUT2D eigenvalue weighted by Gasteiger charge is -2.27. The number of carbonyl (C=O) groups excluding carboxylic acids is 1. The molecule has 0 atom stereocenters. The number of hydrogen-bond acceptors (Lipinski definition) is 6. The van der Waals surface area contributed by atoms with Crippen LogP contribution in [0.3, 0.4) is 0 Å². The monoisotopic (exact) mass is 507 g/mol. The van der Waals surface area contributed by atoms with Crippen LogP contribution < -0.4 is 9.64 Å².